The van der Waals surface area contributed by atoms with Crippen LogP contribution in [0.5, 0.6) is 0 Å². The molecule has 3 aliphatic rings. The molecule has 1 aromatic heterocycles. The topological polar surface area (TPSA) is 85.3 Å². The predicted octanol–water partition coefficient (Wildman–Crippen LogP) is 0.308. The average molecular weight is 319 g/mol. The number of hydrogen-bond donors (Lipinski definition) is 2. The van der Waals surface area contributed by atoms with Gasteiger partial charge in [-0.1, -0.05) is 0 Å². The van der Waals surface area contributed by atoms with Crippen molar-refractivity contribution < 1.29 is 9.90 Å². The summed E-state index contributed by atoms with van der Waals surface area (Å²) >= 11 is 0. The third-order valence-electron chi connectivity index (χ3n) is 5.85. The predicted molar refractivity (Wildman–Crippen MR) is 83.4 cm³/mol. The summed E-state index contributed by atoms with van der Waals surface area (Å²) in [5.41, 5.74) is -1.08. The van der Waals surface area contributed by atoms with E-state index in [4.69, 9.17) is 0 Å². The van der Waals surface area contributed by atoms with Gasteiger partial charge in [0.25, 0.3) is 5.91 Å². The Morgan fingerprint density at radius 2 is 2.13 bits per heavy atom. The number of fused-ring (bicyclic) bond motifs is 2. The number of nitrogens with zero attached hydrogens (tertiary/aromatic N) is 4. The second-order valence-corrected chi connectivity index (χ2v) is 7.41. The second kappa shape index (κ2) is 5.56. The number of aromatic nitrogens is 3. The first-order valence-electron chi connectivity index (χ1n) is 8.66. The summed E-state index contributed by atoms with van der Waals surface area (Å²) in [6, 6.07) is 0. The molecule has 2 aliphatic carbocycles. The van der Waals surface area contributed by atoms with E-state index in [0.717, 1.165) is 37.6 Å². The molecule has 3 atom stereocenters. The Morgan fingerprint density at radius 1 is 1.35 bits per heavy atom. The SMILES string of the molecule is Cc1nc(CN2CCN(C(=O)C3(O)CC4CCC3C4)CC2)n[nH]1. The van der Waals surface area contributed by atoms with Crippen molar-refractivity contribution in [3.05, 3.63) is 11.6 Å². The summed E-state index contributed by atoms with van der Waals surface area (Å²) in [4.78, 5) is 21.3. The fourth-order valence-corrected chi connectivity index (χ4v) is 4.61. The summed E-state index contributed by atoms with van der Waals surface area (Å²) in [5.74, 6) is 2.35. The fourth-order valence-electron chi connectivity index (χ4n) is 4.61. The lowest BCUT2D eigenvalue weighted by Crippen LogP contribution is -2.57. The first-order valence-corrected chi connectivity index (χ1v) is 8.66. The van der Waals surface area contributed by atoms with Gasteiger partial charge in [-0.25, -0.2) is 4.98 Å². The van der Waals surface area contributed by atoms with Crippen LogP contribution in [0.3, 0.4) is 0 Å². The van der Waals surface area contributed by atoms with Gasteiger partial charge >= 0.3 is 0 Å². The van der Waals surface area contributed by atoms with Crippen LogP contribution >= 0.6 is 0 Å². The van der Waals surface area contributed by atoms with Crippen LogP contribution in [0.25, 0.3) is 0 Å². The molecule has 1 amide bonds. The van der Waals surface area contributed by atoms with Crippen LogP contribution < -0.4 is 0 Å². The number of carbonyl (C=O) groups is 1. The Hall–Kier alpha value is -1.47. The fraction of sp³-hybridized carbons (Fsp3) is 0.812. The zero-order chi connectivity index (χ0) is 16.0. The number of aromatic amines is 1. The highest BCUT2D eigenvalue weighted by atomic mass is 16.3. The Labute approximate surface area is 136 Å². The number of H-pyrrole nitrogens is 1. The maximum atomic E-state index is 12.8. The van der Waals surface area contributed by atoms with Crippen LogP contribution in [0.15, 0.2) is 0 Å². The van der Waals surface area contributed by atoms with Gasteiger partial charge < -0.3 is 10.0 Å². The maximum Gasteiger partial charge on any atom is 0.254 e. The molecule has 23 heavy (non-hydrogen) atoms. The number of nitrogens with one attached hydrogen (secondary N) is 1. The van der Waals surface area contributed by atoms with Crippen molar-refractivity contribution in [3.8, 4) is 0 Å². The van der Waals surface area contributed by atoms with Gasteiger partial charge in [0.1, 0.15) is 11.4 Å². The molecule has 7 heteroatoms. The molecule has 3 fully saturated rings. The Bertz CT molecular complexity index is 595. The van der Waals surface area contributed by atoms with Crippen LogP contribution in [0, 0.1) is 18.8 Å². The van der Waals surface area contributed by atoms with Crippen LogP contribution in [0.2, 0.25) is 0 Å². The number of carbonyl (C=O) groups excluding carboxylic acids is 1. The molecule has 1 aromatic rings. The van der Waals surface area contributed by atoms with E-state index in [9.17, 15) is 9.90 Å². The largest absolute Gasteiger partial charge is 0.380 e. The second-order valence-electron chi connectivity index (χ2n) is 7.41. The van der Waals surface area contributed by atoms with E-state index >= 15 is 0 Å². The molecule has 0 radical (unpaired) electrons. The quantitative estimate of drug-likeness (QED) is 0.837. The zero-order valence-electron chi connectivity index (χ0n) is 13.7. The molecular weight excluding hydrogens is 294 g/mol. The van der Waals surface area contributed by atoms with Gasteiger partial charge in [-0.15, -0.1) is 0 Å². The van der Waals surface area contributed by atoms with Gasteiger partial charge in [0.15, 0.2) is 5.82 Å². The number of piperazine rings is 1. The molecule has 7 nitrogen and oxygen atoms in total. The molecule has 2 heterocycles. The monoisotopic (exact) mass is 319 g/mol. The number of rotatable bonds is 3. The van der Waals surface area contributed by atoms with Crippen molar-refractivity contribution >= 4 is 5.91 Å². The normalized spacial score (nSPS) is 34.3. The molecule has 0 aromatic carbocycles. The first kappa shape index (κ1) is 15.1. The summed E-state index contributed by atoms with van der Waals surface area (Å²) in [7, 11) is 0. The summed E-state index contributed by atoms with van der Waals surface area (Å²) in [5, 5.41) is 17.9. The molecule has 126 valence electrons. The molecular formula is C16H25N5O2. The molecule has 2 saturated carbocycles. The Balaban J connectivity index is 1.33. The van der Waals surface area contributed by atoms with Crippen LogP contribution in [0.4, 0.5) is 0 Å². The van der Waals surface area contributed by atoms with E-state index in [1.54, 1.807) is 0 Å². The smallest absolute Gasteiger partial charge is 0.254 e. The van der Waals surface area contributed by atoms with Crippen molar-refractivity contribution in [2.24, 2.45) is 11.8 Å². The van der Waals surface area contributed by atoms with Gasteiger partial charge in [0.05, 0.1) is 6.54 Å². The lowest BCUT2D eigenvalue weighted by atomic mass is 9.83. The third kappa shape index (κ3) is 2.65. The first-order chi connectivity index (χ1) is 11.0. The van der Waals surface area contributed by atoms with Gasteiger partial charge in [-0.2, -0.15) is 5.10 Å². The molecule has 1 aliphatic heterocycles. The van der Waals surface area contributed by atoms with Crippen molar-refractivity contribution in [2.75, 3.05) is 26.2 Å². The lowest BCUT2D eigenvalue weighted by Gasteiger charge is -2.40. The molecule has 2 bridgehead atoms. The van der Waals surface area contributed by atoms with E-state index in [-0.39, 0.29) is 11.8 Å². The third-order valence-corrected chi connectivity index (χ3v) is 5.85. The van der Waals surface area contributed by atoms with Crippen LogP contribution in [-0.4, -0.2) is 67.8 Å². The standard InChI is InChI=1S/C16H25N5O2/c1-11-17-14(19-18-11)10-20-4-6-21(7-5-20)15(22)16(23)9-12-2-3-13(16)8-12/h12-13,23H,2-10H2,1H3,(H,17,18,19). The van der Waals surface area contributed by atoms with Gasteiger partial charge in [0, 0.05) is 26.2 Å². The number of aryl methyl sites for hydroxylation is 1. The van der Waals surface area contributed by atoms with Crippen LogP contribution in [0.1, 0.15) is 37.3 Å². The highest BCUT2D eigenvalue weighted by Gasteiger charge is 2.55. The molecule has 4 rings (SSSR count). The molecule has 0 spiro atoms. The van der Waals surface area contributed by atoms with E-state index in [1.807, 2.05) is 11.8 Å². The molecule has 2 N–H and O–H groups in total. The molecule has 3 unspecified atom stereocenters. The zero-order valence-corrected chi connectivity index (χ0v) is 13.7. The number of aliphatic hydroxyl groups is 1. The van der Waals surface area contributed by atoms with E-state index in [0.29, 0.717) is 32.0 Å². The Kier molecular flexibility index (Phi) is 3.65. The summed E-state index contributed by atoms with van der Waals surface area (Å²) in [6.07, 6.45) is 3.90. The summed E-state index contributed by atoms with van der Waals surface area (Å²) < 4.78 is 0. The van der Waals surface area contributed by atoms with E-state index in [2.05, 4.69) is 20.1 Å². The van der Waals surface area contributed by atoms with Gasteiger partial charge in [0.2, 0.25) is 0 Å². The van der Waals surface area contributed by atoms with E-state index < -0.39 is 5.60 Å². The van der Waals surface area contributed by atoms with Gasteiger partial charge in [-0.3, -0.25) is 14.8 Å². The minimum atomic E-state index is -1.08. The number of amides is 1. The minimum absolute atomic E-state index is 0.0295. The van der Waals surface area contributed by atoms with E-state index in [1.165, 1.54) is 6.42 Å². The summed E-state index contributed by atoms with van der Waals surface area (Å²) in [6.45, 7) is 5.58. The minimum Gasteiger partial charge on any atom is -0.380 e. The van der Waals surface area contributed by atoms with Crippen molar-refractivity contribution in [2.45, 2.75) is 44.8 Å². The van der Waals surface area contributed by atoms with Crippen molar-refractivity contribution in [1.82, 2.24) is 25.0 Å². The van der Waals surface area contributed by atoms with Gasteiger partial charge in [-0.05, 0) is 44.4 Å². The maximum absolute atomic E-state index is 12.8. The number of hydrogen-bond acceptors (Lipinski definition) is 5. The highest BCUT2D eigenvalue weighted by Crippen LogP contribution is 2.51. The van der Waals surface area contributed by atoms with Crippen molar-refractivity contribution in [3.63, 3.8) is 0 Å². The van der Waals surface area contributed by atoms with Crippen LogP contribution in [-0.2, 0) is 11.3 Å². The highest BCUT2D eigenvalue weighted by molar-refractivity contribution is 5.86. The average Bonchev–Trinajstić information content (AvgIpc) is 3.24. The lowest BCUT2D eigenvalue weighted by molar-refractivity contribution is -0.158. The van der Waals surface area contributed by atoms with Crippen molar-refractivity contribution in [1.29, 1.82) is 0 Å². The Morgan fingerprint density at radius 3 is 2.70 bits per heavy atom. The molecule has 1 saturated heterocycles.